The first-order valence-electron chi connectivity index (χ1n) is 14.3. The van der Waals surface area contributed by atoms with E-state index in [1.54, 1.807) is 78.9 Å². The number of thiazole rings is 1. The van der Waals surface area contributed by atoms with Crippen molar-refractivity contribution in [1.82, 2.24) is 10.3 Å². The second-order valence-corrected chi connectivity index (χ2v) is 13.5. The van der Waals surface area contributed by atoms with Crippen LogP contribution in [0.2, 0.25) is 15.1 Å². The Hall–Kier alpha value is -4.12. The number of carbonyl (C=O) groups is 3. The van der Waals surface area contributed by atoms with Crippen LogP contribution in [0.1, 0.15) is 29.3 Å². The van der Waals surface area contributed by atoms with Crippen molar-refractivity contribution in [2.24, 2.45) is 0 Å². The summed E-state index contributed by atoms with van der Waals surface area (Å²) in [4.78, 5) is 45.1. The van der Waals surface area contributed by atoms with Crippen LogP contribution in [0.15, 0.2) is 113 Å². The van der Waals surface area contributed by atoms with Crippen LogP contribution in [0, 0.1) is 0 Å². The molecule has 3 N–H and O–H groups in total. The fraction of sp³-hybridized carbons (Fsp3) is 0.0857. The molecule has 4 aromatic carbocycles. The van der Waals surface area contributed by atoms with E-state index in [1.165, 1.54) is 29.2 Å². The van der Waals surface area contributed by atoms with Gasteiger partial charge in [0.1, 0.15) is 5.70 Å². The molecule has 0 aliphatic heterocycles. The summed E-state index contributed by atoms with van der Waals surface area (Å²) >= 11 is 21.1. The Bertz CT molecular complexity index is 1930. The Kier molecular flexibility index (Phi) is 11.7. The fourth-order valence-corrected chi connectivity index (χ4v) is 6.64. The third-order valence-corrected chi connectivity index (χ3v) is 9.63. The van der Waals surface area contributed by atoms with Gasteiger partial charge in [0, 0.05) is 42.2 Å². The SMILES string of the molecule is CCC(Sc1cccc(NC(=O)/C(=C\c2ccc(Cl)cc2Cl)NC(=O)c2ccccc2)c1)C(=O)Nc1nc(-c2ccc(Cl)cc2)cs1. The third kappa shape index (κ3) is 9.47. The number of anilines is 2. The predicted octanol–water partition coefficient (Wildman–Crippen LogP) is 9.69. The highest BCUT2D eigenvalue weighted by Gasteiger charge is 2.21. The van der Waals surface area contributed by atoms with Crippen molar-refractivity contribution < 1.29 is 14.4 Å². The average molecular weight is 722 g/mol. The minimum Gasteiger partial charge on any atom is -0.321 e. The maximum absolute atomic E-state index is 13.5. The van der Waals surface area contributed by atoms with Crippen LogP contribution in [0.3, 0.4) is 0 Å². The lowest BCUT2D eigenvalue weighted by atomic mass is 10.1. The molecular weight excluding hydrogens is 695 g/mol. The Balaban J connectivity index is 1.29. The number of halogens is 3. The average Bonchev–Trinajstić information content (AvgIpc) is 3.53. The quantitative estimate of drug-likeness (QED) is 0.0932. The second kappa shape index (κ2) is 16.1. The molecule has 0 saturated carbocycles. The molecule has 1 aromatic heterocycles. The summed E-state index contributed by atoms with van der Waals surface area (Å²) in [6.07, 6.45) is 2.05. The van der Waals surface area contributed by atoms with Gasteiger partial charge in [0.15, 0.2) is 5.13 Å². The number of thioether (sulfide) groups is 1. The molecule has 12 heteroatoms. The molecular formula is C35H27Cl3N4O3S2. The Morgan fingerprint density at radius 2 is 1.62 bits per heavy atom. The van der Waals surface area contributed by atoms with E-state index in [-0.39, 0.29) is 11.6 Å². The summed E-state index contributed by atoms with van der Waals surface area (Å²) in [6, 6.07) is 27.9. The zero-order valence-electron chi connectivity index (χ0n) is 24.8. The van der Waals surface area contributed by atoms with Gasteiger partial charge >= 0.3 is 0 Å². The van der Waals surface area contributed by atoms with Crippen molar-refractivity contribution in [2.75, 3.05) is 10.6 Å². The lowest BCUT2D eigenvalue weighted by Crippen LogP contribution is -2.30. The number of rotatable bonds is 11. The minimum absolute atomic E-state index is 0.0200. The number of amides is 3. The molecule has 0 aliphatic rings. The van der Waals surface area contributed by atoms with Gasteiger partial charge in [-0.1, -0.05) is 84.2 Å². The zero-order chi connectivity index (χ0) is 33.3. The smallest absolute Gasteiger partial charge is 0.272 e. The topological polar surface area (TPSA) is 100 Å². The number of hydrogen-bond donors (Lipinski definition) is 3. The largest absolute Gasteiger partial charge is 0.321 e. The van der Waals surface area contributed by atoms with Gasteiger partial charge in [-0.15, -0.1) is 23.1 Å². The highest BCUT2D eigenvalue weighted by Crippen LogP contribution is 2.31. The van der Waals surface area contributed by atoms with Gasteiger partial charge in [0.2, 0.25) is 5.91 Å². The van der Waals surface area contributed by atoms with E-state index in [9.17, 15) is 14.4 Å². The first-order chi connectivity index (χ1) is 22.7. The van der Waals surface area contributed by atoms with Crippen LogP contribution in [-0.4, -0.2) is 28.0 Å². The summed E-state index contributed by atoms with van der Waals surface area (Å²) < 4.78 is 0. The number of benzene rings is 4. The first-order valence-corrected chi connectivity index (χ1v) is 17.2. The van der Waals surface area contributed by atoms with Gasteiger partial charge in [-0.3, -0.25) is 14.4 Å². The monoisotopic (exact) mass is 720 g/mol. The molecule has 1 atom stereocenters. The maximum atomic E-state index is 13.5. The van der Waals surface area contributed by atoms with Gasteiger partial charge in [0.25, 0.3) is 11.8 Å². The van der Waals surface area contributed by atoms with E-state index in [1.807, 2.05) is 30.5 Å². The number of nitrogens with zero attached hydrogens (tertiary/aromatic N) is 1. The third-order valence-electron chi connectivity index (χ3n) is 6.70. The molecule has 7 nitrogen and oxygen atoms in total. The summed E-state index contributed by atoms with van der Waals surface area (Å²) in [5.41, 5.74) is 2.99. The molecule has 0 bridgehead atoms. The van der Waals surface area contributed by atoms with Crippen molar-refractivity contribution in [2.45, 2.75) is 23.5 Å². The molecule has 5 aromatic rings. The van der Waals surface area contributed by atoms with Crippen LogP contribution in [-0.2, 0) is 9.59 Å². The first kappa shape index (κ1) is 34.2. The number of carbonyl (C=O) groups excluding carboxylic acids is 3. The van der Waals surface area contributed by atoms with Gasteiger partial charge < -0.3 is 16.0 Å². The summed E-state index contributed by atoms with van der Waals surface area (Å²) in [6.45, 7) is 1.93. The van der Waals surface area contributed by atoms with Crippen molar-refractivity contribution in [1.29, 1.82) is 0 Å². The van der Waals surface area contributed by atoms with E-state index in [2.05, 4.69) is 20.9 Å². The number of aromatic nitrogens is 1. The number of nitrogens with one attached hydrogen (secondary N) is 3. The van der Waals surface area contributed by atoms with Crippen LogP contribution >= 0.6 is 57.9 Å². The Labute approximate surface area is 295 Å². The highest BCUT2D eigenvalue weighted by molar-refractivity contribution is 8.00. The standard InChI is InChI=1S/C35H27Cl3N4O3S2/c1-2-31(34(45)42-35-41-30(20-46-35)21-11-14-24(36)15-12-21)47-27-10-6-9-26(19-27)39-33(44)29(17-23-13-16-25(37)18-28(23)38)40-32(43)22-7-4-3-5-8-22/h3-20,31H,2H2,1H3,(H,39,44)(H,40,43)(H,41,42,45)/b29-17+. The normalized spacial score (nSPS) is 11.9. The lowest BCUT2D eigenvalue weighted by Gasteiger charge is -2.15. The zero-order valence-corrected chi connectivity index (χ0v) is 28.7. The molecule has 1 heterocycles. The van der Waals surface area contributed by atoms with Crippen molar-refractivity contribution in [3.8, 4) is 11.3 Å². The minimum atomic E-state index is -0.563. The van der Waals surface area contributed by atoms with Gasteiger partial charge in [0.05, 0.1) is 10.9 Å². The lowest BCUT2D eigenvalue weighted by molar-refractivity contribution is -0.116. The molecule has 238 valence electrons. The van der Waals surface area contributed by atoms with Crippen molar-refractivity contribution in [3.63, 3.8) is 0 Å². The van der Waals surface area contributed by atoms with Crippen LogP contribution in [0.25, 0.3) is 17.3 Å². The molecule has 47 heavy (non-hydrogen) atoms. The van der Waals surface area contributed by atoms with Crippen LogP contribution in [0.4, 0.5) is 10.8 Å². The summed E-state index contributed by atoms with van der Waals surface area (Å²) in [5, 5.41) is 11.8. The molecule has 0 aliphatic carbocycles. The van der Waals surface area contributed by atoms with E-state index in [0.29, 0.717) is 43.4 Å². The van der Waals surface area contributed by atoms with Gasteiger partial charge in [-0.25, -0.2) is 4.98 Å². The molecule has 0 saturated heterocycles. The molecule has 1 unspecified atom stereocenters. The van der Waals surface area contributed by atoms with Crippen LogP contribution < -0.4 is 16.0 Å². The van der Waals surface area contributed by atoms with Crippen molar-refractivity contribution >= 4 is 92.5 Å². The Morgan fingerprint density at radius 3 is 2.34 bits per heavy atom. The predicted molar refractivity (Wildman–Crippen MR) is 195 cm³/mol. The van der Waals surface area contributed by atoms with E-state index in [4.69, 9.17) is 34.8 Å². The van der Waals surface area contributed by atoms with Crippen LogP contribution in [0.5, 0.6) is 0 Å². The number of hydrogen-bond acceptors (Lipinski definition) is 6. The molecule has 5 rings (SSSR count). The highest BCUT2D eigenvalue weighted by atomic mass is 35.5. The van der Waals surface area contributed by atoms with E-state index in [0.717, 1.165) is 16.2 Å². The maximum Gasteiger partial charge on any atom is 0.272 e. The molecule has 0 radical (unpaired) electrons. The molecule has 0 spiro atoms. The van der Waals surface area contributed by atoms with Crippen molar-refractivity contribution in [3.05, 3.63) is 134 Å². The van der Waals surface area contributed by atoms with Gasteiger partial charge in [-0.2, -0.15) is 0 Å². The fourth-order valence-electron chi connectivity index (χ4n) is 4.32. The summed E-state index contributed by atoms with van der Waals surface area (Å²) in [5.74, 6) is -1.20. The molecule has 3 amide bonds. The van der Waals surface area contributed by atoms with Gasteiger partial charge in [-0.05, 0) is 72.7 Å². The second-order valence-electron chi connectivity index (χ2n) is 10.1. The Morgan fingerprint density at radius 1 is 0.872 bits per heavy atom. The molecule has 0 fully saturated rings. The van der Waals surface area contributed by atoms with E-state index < -0.39 is 17.1 Å². The van der Waals surface area contributed by atoms with E-state index >= 15 is 0 Å². The summed E-state index contributed by atoms with van der Waals surface area (Å²) in [7, 11) is 0.